The van der Waals surface area contributed by atoms with Gasteiger partial charge in [-0.2, -0.15) is 0 Å². The second kappa shape index (κ2) is 11.6. The van der Waals surface area contributed by atoms with E-state index in [1.807, 2.05) is 45.0 Å². The van der Waals surface area contributed by atoms with Crippen molar-refractivity contribution in [3.63, 3.8) is 0 Å². The van der Waals surface area contributed by atoms with Gasteiger partial charge in [0.1, 0.15) is 0 Å². The van der Waals surface area contributed by atoms with Gasteiger partial charge in [-0.25, -0.2) is 0 Å². The van der Waals surface area contributed by atoms with Crippen LogP contribution in [0.1, 0.15) is 70.1 Å². The van der Waals surface area contributed by atoms with E-state index in [0.29, 0.717) is 26.1 Å². The number of allylic oxidation sites excluding steroid dienone is 1. The Labute approximate surface area is 152 Å². The van der Waals surface area contributed by atoms with Crippen LogP contribution in [-0.4, -0.2) is 18.3 Å². The average Bonchev–Trinajstić information content (AvgIpc) is 2.58. The molecule has 142 valence electrons. The maximum absolute atomic E-state index is 12.8. The van der Waals surface area contributed by atoms with Crippen LogP contribution in [0.3, 0.4) is 0 Å². The summed E-state index contributed by atoms with van der Waals surface area (Å²) in [6.07, 6.45) is 3.68. The highest BCUT2D eigenvalue weighted by Gasteiger charge is 2.21. The van der Waals surface area contributed by atoms with E-state index < -0.39 is 13.7 Å². The number of hydrogen-bond donors (Lipinski definition) is 1. The van der Waals surface area contributed by atoms with Crippen molar-refractivity contribution in [1.29, 1.82) is 0 Å². The molecule has 4 nitrogen and oxygen atoms in total. The summed E-state index contributed by atoms with van der Waals surface area (Å²) in [7, 11) is -3.20. The van der Waals surface area contributed by atoms with E-state index in [2.05, 4.69) is 6.92 Å². The summed E-state index contributed by atoms with van der Waals surface area (Å²) in [5.74, 6) is 1.68. The molecule has 0 aliphatic rings. The van der Waals surface area contributed by atoms with E-state index >= 15 is 0 Å². The lowest BCUT2D eigenvalue weighted by Crippen LogP contribution is -2.00. The zero-order valence-corrected chi connectivity index (χ0v) is 16.9. The molecule has 0 fully saturated rings. The number of rotatable bonds is 12. The van der Waals surface area contributed by atoms with Gasteiger partial charge in [0.15, 0.2) is 0 Å². The molecule has 0 saturated heterocycles. The molecule has 5 heteroatoms. The number of hydrogen-bond acceptors (Lipinski definition) is 4. The van der Waals surface area contributed by atoms with Gasteiger partial charge in [-0.15, -0.1) is 0 Å². The first-order chi connectivity index (χ1) is 11.9. The Bertz CT molecular complexity index is 556. The molecule has 0 amide bonds. The van der Waals surface area contributed by atoms with Gasteiger partial charge in [0.2, 0.25) is 0 Å². The number of aliphatic hydroxyl groups is 1. The van der Waals surface area contributed by atoms with Gasteiger partial charge in [-0.05, 0) is 52.0 Å². The molecule has 1 aromatic carbocycles. The average molecular weight is 368 g/mol. The lowest BCUT2D eigenvalue weighted by atomic mass is 9.99. The molecule has 0 aliphatic heterocycles. The van der Waals surface area contributed by atoms with Gasteiger partial charge in [0.25, 0.3) is 0 Å². The summed E-state index contributed by atoms with van der Waals surface area (Å²) in [4.78, 5) is 0. The zero-order chi connectivity index (χ0) is 18.7. The van der Waals surface area contributed by atoms with Crippen LogP contribution >= 0.6 is 7.60 Å². The predicted octanol–water partition coefficient (Wildman–Crippen LogP) is 6.15. The molecule has 1 atom stereocenters. The third kappa shape index (κ3) is 8.33. The SMILES string of the molecule is CCCCC(=CP(=O)(OCC)OCC)CCC(O)c1ccc(C)cc1. The largest absolute Gasteiger partial charge is 0.388 e. The van der Waals surface area contributed by atoms with E-state index in [1.54, 1.807) is 5.82 Å². The van der Waals surface area contributed by atoms with Crippen molar-refractivity contribution in [1.82, 2.24) is 0 Å². The highest BCUT2D eigenvalue weighted by molar-refractivity contribution is 7.57. The van der Waals surface area contributed by atoms with E-state index in [4.69, 9.17) is 9.05 Å². The van der Waals surface area contributed by atoms with Gasteiger partial charge in [0.05, 0.1) is 19.3 Å². The lowest BCUT2D eigenvalue weighted by Gasteiger charge is -2.17. The summed E-state index contributed by atoms with van der Waals surface area (Å²) in [5.41, 5.74) is 3.13. The summed E-state index contributed by atoms with van der Waals surface area (Å²) < 4.78 is 23.5. The zero-order valence-electron chi connectivity index (χ0n) is 16.0. The van der Waals surface area contributed by atoms with Gasteiger partial charge in [0, 0.05) is 5.82 Å². The minimum Gasteiger partial charge on any atom is -0.388 e. The maximum Gasteiger partial charge on any atom is 0.354 e. The summed E-state index contributed by atoms with van der Waals surface area (Å²) in [6, 6.07) is 7.93. The van der Waals surface area contributed by atoms with Crippen LogP contribution in [0.15, 0.2) is 35.7 Å². The van der Waals surface area contributed by atoms with Crippen LogP contribution < -0.4 is 0 Å². The quantitative estimate of drug-likeness (QED) is 0.450. The molecule has 0 aromatic heterocycles. The summed E-state index contributed by atoms with van der Waals surface area (Å²) in [6.45, 7) is 8.48. The summed E-state index contributed by atoms with van der Waals surface area (Å²) >= 11 is 0. The van der Waals surface area contributed by atoms with E-state index in [0.717, 1.165) is 30.4 Å². The highest BCUT2D eigenvalue weighted by Crippen LogP contribution is 2.51. The molecular formula is C20H33O4P. The van der Waals surface area contributed by atoms with Crippen molar-refractivity contribution in [3.05, 3.63) is 46.8 Å². The van der Waals surface area contributed by atoms with Crippen molar-refractivity contribution in [2.45, 2.75) is 65.9 Å². The monoisotopic (exact) mass is 368 g/mol. The third-order valence-electron chi connectivity index (χ3n) is 4.01. The Kier molecular flexibility index (Phi) is 10.3. The van der Waals surface area contributed by atoms with Crippen LogP contribution in [0.25, 0.3) is 0 Å². The number of aryl methyl sites for hydroxylation is 1. The molecule has 1 rings (SSSR count). The van der Waals surface area contributed by atoms with Crippen molar-refractivity contribution >= 4 is 7.60 Å². The fraction of sp³-hybridized carbons (Fsp3) is 0.600. The van der Waals surface area contributed by atoms with Crippen LogP contribution in [-0.2, 0) is 13.6 Å². The standard InChI is InChI=1S/C20H33O4P/c1-5-8-9-18(16-25(22,23-6-2)24-7-3)12-15-20(21)19-13-10-17(4)11-14-19/h10-11,13-14,16,20-21H,5-9,12,15H2,1-4H3. The first kappa shape index (κ1) is 22.1. The molecular weight excluding hydrogens is 335 g/mol. The number of unbranched alkanes of at least 4 members (excludes halogenated alkanes) is 1. The molecule has 1 N–H and O–H groups in total. The van der Waals surface area contributed by atoms with Gasteiger partial charge < -0.3 is 14.2 Å². The van der Waals surface area contributed by atoms with E-state index in [9.17, 15) is 9.67 Å². The van der Waals surface area contributed by atoms with E-state index in [1.165, 1.54) is 5.56 Å². The van der Waals surface area contributed by atoms with Crippen LogP contribution in [0.2, 0.25) is 0 Å². The molecule has 0 bridgehead atoms. The molecule has 0 radical (unpaired) electrons. The smallest absolute Gasteiger partial charge is 0.354 e. The van der Waals surface area contributed by atoms with Crippen molar-refractivity contribution < 1.29 is 18.7 Å². The molecule has 0 aliphatic carbocycles. The van der Waals surface area contributed by atoms with Crippen molar-refractivity contribution in [2.24, 2.45) is 0 Å². The second-order valence-corrected chi connectivity index (χ2v) is 8.09. The van der Waals surface area contributed by atoms with Gasteiger partial charge in [-0.1, -0.05) is 48.7 Å². The predicted molar refractivity (Wildman–Crippen MR) is 104 cm³/mol. The molecule has 0 heterocycles. The Hall–Kier alpha value is -0.930. The molecule has 0 saturated carbocycles. The molecule has 1 aromatic rings. The van der Waals surface area contributed by atoms with Crippen molar-refractivity contribution in [2.75, 3.05) is 13.2 Å². The third-order valence-corrected chi connectivity index (χ3v) is 5.93. The fourth-order valence-corrected chi connectivity index (χ4v) is 4.28. The topological polar surface area (TPSA) is 55.8 Å². The Morgan fingerprint density at radius 1 is 1.12 bits per heavy atom. The van der Waals surface area contributed by atoms with Crippen LogP contribution in [0.5, 0.6) is 0 Å². The number of aliphatic hydroxyl groups excluding tert-OH is 1. The van der Waals surface area contributed by atoms with Gasteiger partial charge in [-0.3, -0.25) is 4.57 Å². The Morgan fingerprint density at radius 2 is 1.72 bits per heavy atom. The van der Waals surface area contributed by atoms with Crippen LogP contribution in [0.4, 0.5) is 0 Å². The summed E-state index contributed by atoms with van der Waals surface area (Å²) in [5, 5.41) is 10.4. The molecule has 1 unspecified atom stereocenters. The Morgan fingerprint density at radius 3 is 2.24 bits per heavy atom. The minimum absolute atomic E-state index is 0.348. The van der Waals surface area contributed by atoms with Gasteiger partial charge >= 0.3 is 7.60 Å². The fourth-order valence-electron chi connectivity index (χ4n) is 2.63. The highest BCUT2D eigenvalue weighted by atomic mass is 31.2. The Balaban J connectivity index is 2.81. The maximum atomic E-state index is 12.8. The lowest BCUT2D eigenvalue weighted by molar-refractivity contribution is 0.167. The minimum atomic E-state index is -3.20. The second-order valence-electron chi connectivity index (χ2n) is 6.23. The first-order valence-corrected chi connectivity index (χ1v) is 10.9. The van der Waals surface area contributed by atoms with E-state index in [-0.39, 0.29) is 0 Å². The van der Waals surface area contributed by atoms with Crippen molar-refractivity contribution in [3.8, 4) is 0 Å². The molecule has 0 spiro atoms. The normalized spacial score (nSPS) is 13.9. The number of benzene rings is 1. The molecule has 25 heavy (non-hydrogen) atoms. The first-order valence-electron chi connectivity index (χ1n) is 9.28. The van der Waals surface area contributed by atoms with Crippen LogP contribution in [0, 0.1) is 6.92 Å².